The molecule has 1 N–H and O–H groups in total. The lowest BCUT2D eigenvalue weighted by Gasteiger charge is -2.26. The zero-order chi connectivity index (χ0) is 15.8. The minimum atomic E-state index is -0.836. The Kier molecular flexibility index (Phi) is 7.56. The molecule has 0 unspecified atom stereocenters. The van der Waals surface area contributed by atoms with Crippen molar-refractivity contribution in [3.63, 3.8) is 0 Å². The van der Waals surface area contributed by atoms with Gasteiger partial charge in [-0.3, -0.25) is 9.36 Å². The van der Waals surface area contributed by atoms with Crippen LogP contribution in [-0.2, 0) is 11.3 Å². The lowest BCUT2D eigenvalue weighted by Crippen LogP contribution is -2.31. The van der Waals surface area contributed by atoms with Gasteiger partial charge in [0.1, 0.15) is 0 Å². The number of carbonyl (C=O) groups is 1. The Hall–Kier alpha value is -1.24. The zero-order valence-electron chi connectivity index (χ0n) is 13.4. The molecular weight excluding hydrogens is 288 g/mol. The van der Waals surface area contributed by atoms with E-state index in [2.05, 4.69) is 35.9 Å². The summed E-state index contributed by atoms with van der Waals surface area (Å²) in [5.74, 6) is 0.662. The Morgan fingerprint density at radius 2 is 1.95 bits per heavy atom. The molecule has 0 aliphatic carbocycles. The van der Waals surface area contributed by atoms with Crippen LogP contribution in [0.25, 0.3) is 0 Å². The van der Waals surface area contributed by atoms with E-state index in [1.165, 1.54) is 11.8 Å². The van der Waals surface area contributed by atoms with Crippen LogP contribution in [0.1, 0.15) is 40.5 Å². The van der Waals surface area contributed by atoms with Crippen molar-refractivity contribution < 1.29 is 9.90 Å². The van der Waals surface area contributed by atoms with Gasteiger partial charge in [0.25, 0.3) is 0 Å². The first-order valence-corrected chi connectivity index (χ1v) is 8.58. The first kappa shape index (κ1) is 17.8. The van der Waals surface area contributed by atoms with Crippen LogP contribution < -0.4 is 4.90 Å². The second-order valence-corrected chi connectivity index (χ2v) is 5.87. The number of rotatable bonds is 10. The molecule has 1 rings (SSSR count). The molecule has 1 heterocycles. The molecule has 0 aromatic carbocycles. The molecule has 1 aromatic heterocycles. The lowest BCUT2D eigenvalue weighted by atomic mass is 10.0. The second-order valence-electron chi connectivity index (χ2n) is 4.93. The number of anilines is 1. The van der Waals surface area contributed by atoms with Crippen molar-refractivity contribution in [1.82, 2.24) is 14.8 Å². The van der Waals surface area contributed by atoms with Gasteiger partial charge in [0.05, 0.1) is 5.75 Å². The molecule has 6 nitrogen and oxygen atoms in total. The van der Waals surface area contributed by atoms with Crippen molar-refractivity contribution >= 4 is 23.7 Å². The molecule has 0 atom stereocenters. The number of carboxylic acids is 1. The minimum absolute atomic E-state index is 0.0107. The zero-order valence-corrected chi connectivity index (χ0v) is 14.2. The molecule has 120 valence electrons. The molecule has 0 amide bonds. The standard InChI is InChI=1S/C14H26N4O2S/c1-5-11(6-2)9-17(7-3)13-15-16-14(18(13)8-4)21-10-12(19)20/h11H,5-10H2,1-4H3,(H,19,20). The minimum Gasteiger partial charge on any atom is -0.481 e. The number of hydrogen-bond acceptors (Lipinski definition) is 5. The predicted molar refractivity (Wildman–Crippen MR) is 86.0 cm³/mol. The van der Waals surface area contributed by atoms with Gasteiger partial charge in [0, 0.05) is 19.6 Å². The topological polar surface area (TPSA) is 71.2 Å². The summed E-state index contributed by atoms with van der Waals surface area (Å²) in [5, 5.41) is 17.9. The van der Waals surface area contributed by atoms with Crippen molar-refractivity contribution in [2.24, 2.45) is 5.92 Å². The van der Waals surface area contributed by atoms with Crippen molar-refractivity contribution in [3.05, 3.63) is 0 Å². The summed E-state index contributed by atoms with van der Waals surface area (Å²) in [6.07, 6.45) is 2.29. The van der Waals surface area contributed by atoms with Crippen LogP contribution in [0.4, 0.5) is 5.95 Å². The Morgan fingerprint density at radius 1 is 1.29 bits per heavy atom. The fraction of sp³-hybridized carbons (Fsp3) is 0.786. The average Bonchev–Trinajstić information content (AvgIpc) is 2.89. The second kappa shape index (κ2) is 8.92. The highest BCUT2D eigenvalue weighted by atomic mass is 32.2. The van der Waals surface area contributed by atoms with Crippen LogP contribution in [0.15, 0.2) is 5.16 Å². The maximum atomic E-state index is 10.7. The number of carboxylic acid groups (broad SMARTS) is 1. The smallest absolute Gasteiger partial charge is 0.313 e. The van der Waals surface area contributed by atoms with Gasteiger partial charge in [-0.1, -0.05) is 38.5 Å². The molecule has 0 spiro atoms. The Labute approximate surface area is 130 Å². The number of thioether (sulfide) groups is 1. The third-order valence-electron chi connectivity index (χ3n) is 3.64. The first-order valence-electron chi connectivity index (χ1n) is 7.59. The third-order valence-corrected chi connectivity index (χ3v) is 4.59. The fourth-order valence-electron chi connectivity index (χ4n) is 2.24. The Morgan fingerprint density at radius 3 is 2.43 bits per heavy atom. The predicted octanol–water partition coefficient (Wildman–Crippen LogP) is 2.74. The molecular formula is C14H26N4O2S. The van der Waals surface area contributed by atoms with Gasteiger partial charge >= 0.3 is 5.97 Å². The van der Waals surface area contributed by atoms with E-state index in [1.807, 2.05) is 11.5 Å². The molecule has 0 bridgehead atoms. The summed E-state index contributed by atoms with van der Waals surface area (Å²) in [5.41, 5.74) is 0. The van der Waals surface area contributed by atoms with E-state index < -0.39 is 5.97 Å². The van der Waals surface area contributed by atoms with Crippen LogP contribution in [-0.4, -0.2) is 44.7 Å². The van der Waals surface area contributed by atoms with Crippen molar-refractivity contribution in [2.45, 2.75) is 52.2 Å². The van der Waals surface area contributed by atoms with E-state index in [4.69, 9.17) is 5.11 Å². The van der Waals surface area contributed by atoms with Crippen molar-refractivity contribution in [2.75, 3.05) is 23.7 Å². The molecule has 0 saturated carbocycles. The number of nitrogens with zero attached hydrogens (tertiary/aromatic N) is 4. The van der Waals surface area contributed by atoms with Crippen LogP contribution >= 0.6 is 11.8 Å². The van der Waals surface area contributed by atoms with E-state index in [-0.39, 0.29) is 5.75 Å². The van der Waals surface area contributed by atoms with E-state index in [1.54, 1.807) is 0 Å². The van der Waals surface area contributed by atoms with Gasteiger partial charge in [-0.25, -0.2) is 0 Å². The number of hydrogen-bond donors (Lipinski definition) is 1. The summed E-state index contributed by atoms with van der Waals surface area (Å²) >= 11 is 1.22. The van der Waals surface area contributed by atoms with E-state index in [9.17, 15) is 4.79 Å². The summed E-state index contributed by atoms with van der Waals surface area (Å²) in [6.45, 7) is 11.1. The third kappa shape index (κ3) is 4.91. The summed E-state index contributed by atoms with van der Waals surface area (Å²) in [4.78, 5) is 12.9. The Bertz CT molecular complexity index is 446. The molecule has 0 radical (unpaired) electrons. The van der Waals surface area contributed by atoms with E-state index >= 15 is 0 Å². The maximum absolute atomic E-state index is 10.7. The summed E-state index contributed by atoms with van der Waals surface area (Å²) in [6, 6.07) is 0. The maximum Gasteiger partial charge on any atom is 0.313 e. The molecule has 0 aliphatic rings. The Balaban J connectivity index is 2.91. The molecule has 0 fully saturated rings. The van der Waals surface area contributed by atoms with Crippen molar-refractivity contribution in [1.29, 1.82) is 0 Å². The molecule has 21 heavy (non-hydrogen) atoms. The van der Waals surface area contributed by atoms with Gasteiger partial charge in [0.2, 0.25) is 5.95 Å². The molecule has 7 heteroatoms. The highest BCUT2D eigenvalue weighted by Gasteiger charge is 2.19. The van der Waals surface area contributed by atoms with Crippen LogP contribution in [0, 0.1) is 5.92 Å². The van der Waals surface area contributed by atoms with Crippen molar-refractivity contribution in [3.8, 4) is 0 Å². The van der Waals surface area contributed by atoms with E-state index in [0.29, 0.717) is 11.1 Å². The van der Waals surface area contributed by atoms with Crippen LogP contribution in [0.5, 0.6) is 0 Å². The molecule has 0 saturated heterocycles. The van der Waals surface area contributed by atoms with Crippen LogP contribution in [0.3, 0.4) is 0 Å². The largest absolute Gasteiger partial charge is 0.481 e. The first-order chi connectivity index (χ1) is 10.1. The van der Waals surface area contributed by atoms with Crippen LogP contribution in [0.2, 0.25) is 0 Å². The SMILES string of the molecule is CCC(CC)CN(CC)c1nnc(SCC(=O)O)n1CC. The van der Waals surface area contributed by atoms with Gasteiger partial charge < -0.3 is 10.0 Å². The monoisotopic (exact) mass is 314 g/mol. The highest BCUT2D eigenvalue weighted by molar-refractivity contribution is 7.99. The van der Waals surface area contributed by atoms with E-state index in [0.717, 1.165) is 38.4 Å². The van der Waals surface area contributed by atoms with Gasteiger partial charge in [-0.05, 0) is 19.8 Å². The summed E-state index contributed by atoms with van der Waals surface area (Å²) < 4.78 is 2.00. The quantitative estimate of drug-likeness (QED) is 0.670. The lowest BCUT2D eigenvalue weighted by molar-refractivity contribution is -0.133. The average molecular weight is 314 g/mol. The van der Waals surface area contributed by atoms with Gasteiger partial charge in [-0.15, -0.1) is 10.2 Å². The molecule has 1 aromatic rings. The number of aromatic nitrogens is 3. The summed E-state index contributed by atoms with van der Waals surface area (Å²) in [7, 11) is 0. The highest BCUT2D eigenvalue weighted by Crippen LogP contribution is 2.23. The van der Waals surface area contributed by atoms with Gasteiger partial charge in [-0.2, -0.15) is 0 Å². The normalized spacial score (nSPS) is 11.1. The number of aliphatic carboxylic acids is 1. The molecule has 0 aliphatic heterocycles. The fourth-order valence-corrected chi connectivity index (χ4v) is 2.95. The van der Waals surface area contributed by atoms with Gasteiger partial charge in [0.15, 0.2) is 5.16 Å².